The third-order valence-electron chi connectivity index (χ3n) is 3.84. The lowest BCUT2D eigenvalue weighted by Crippen LogP contribution is -2.21. The largest absolute Gasteiger partial charge is 0.494 e. The summed E-state index contributed by atoms with van der Waals surface area (Å²) in [5.74, 6) is 1.19. The Morgan fingerprint density at radius 3 is 2.64 bits per heavy atom. The van der Waals surface area contributed by atoms with E-state index in [-0.39, 0.29) is 18.3 Å². The summed E-state index contributed by atoms with van der Waals surface area (Å²) < 4.78 is 15.9. The number of carbonyl (C=O) groups excluding carboxylic acids is 1. The van der Waals surface area contributed by atoms with Gasteiger partial charge in [0.15, 0.2) is 12.3 Å². The summed E-state index contributed by atoms with van der Waals surface area (Å²) in [7, 11) is 0. The van der Waals surface area contributed by atoms with Crippen molar-refractivity contribution in [2.24, 2.45) is 0 Å². The van der Waals surface area contributed by atoms with Crippen molar-refractivity contribution in [3.63, 3.8) is 0 Å². The van der Waals surface area contributed by atoms with Gasteiger partial charge in [-0.2, -0.15) is 0 Å². The van der Waals surface area contributed by atoms with E-state index in [4.69, 9.17) is 25.7 Å². The maximum atomic E-state index is 12.2. The van der Waals surface area contributed by atoms with Gasteiger partial charge in [-0.3, -0.25) is 4.79 Å². The molecule has 0 aliphatic carbocycles. The summed E-state index contributed by atoms with van der Waals surface area (Å²) in [4.78, 5) is 12.2. The monoisotopic (exact) mass is 401 g/mol. The fourth-order valence-electron chi connectivity index (χ4n) is 2.48. The molecule has 0 aliphatic heterocycles. The lowest BCUT2D eigenvalue weighted by Gasteiger charge is -2.09. The normalized spacial score (nSPS) is 10.5. The molecular formula is C20H20ClN3O4. The highest BCUT2D eigenvalue weighted by atomic mass is 35.5. The van der Waals surface area contributed by atoms with E-state index < -0.39 is 0 Å². The van der Waals surface area contributed by atoms with E-state index in [1.54, 1.807) is 18.2 Å². The number of nitrogens with one attached hydrogen (secondary N) is 1. The van der Waals surface area contributed by atoms with Crippen LogP contribution in [0.25, 0.3) is 11.3 Å². The van der Waals surface area contributed by atoms with Crippen LogP contribution in [0.2, 0.25) is 5.02 Å². The van der Waals surface area contributed by atoms with Gasteiger partial charge in [0, 0.05) is 10.6 Å². The third kappa shape index (κ3) is 5.01. The van der Waals surface area contributed by atoms with Gasteiger partial charge in [-0.1, -0.05) is 18.5 Å². The minimum absolute atomic E-state index is 0.182. The first-order chi connectivity index (χ1) is 13.6. The number of hydrogen-bond donors (Lipinski definition) is 1. The standard InChI is InChI=1S/C20H20ClN3O4/c1-3-10-26-16-7-4-14(5-8-16)19-20(24-28-23-19)22-18(25)12-27-17-9-6-15(21)11-13(17)2/h4-9,11H,3,10,12H2,1-2H3,(H,22,24,25). The minimum Gasteiger partial charge on any atom is -0.494 e. The zero-order valence-corrected chi connectivity index (χ0v) is 16.3. The molecule has 0 saturated carbocycles. The van der Waals surface area contributed by atoms with Crippen molar-refractivity contribution in [3.05, 3.63) is 53.1 Å². The number of aryl methyl sites for hydroxylation is 1. The van der Waals surface area contributed by atoms with Gasteiger partial charge >= 0.3 is 0 Å². The highest BCUT2D eigenvalue weighted by Gasteiger charge is 2.16. The molecule has 1 aromatic heterocycles. The van der Waals surface area contributed by atoms with E-state index in [1.807, 2.05) is 38.1 Å². The molecule has 0 radical (unpaired) electrons. The Morgan fingerprint density at radius 2 is 1.93 bits per heavy atom. The van der Waals surface area contributed by atoms with Gasteiger partial charge in [0.25, 0.3) is 5.91 Å². The van der Waals surface area contributed by atoms with E-state index in [2.05, 4.69) is 15.6 Å². The number of rotatable bonds is 8. The third-order valence-corrected chi connectivity index (χ3v) is 4.08. The summed E-state index contributed by atoms with van der Waals surface area (Å²) in [5.41, 5.74) is 2.02. The summed E-state index contributed by atoms with van der Waals surface area (Å²) in [6, 6.07) is 12.5. The Kier molecular flexibility index (Phi) is 6.49. The number of anilines is 1. The van der Waals surface area contributed by atoms with Crippen LogP contribution in [0, 0.1) is 6.92 Å². The molecule has 0 bridgehead atoms. The quantitative estimate of drug-likeness (QED) is 0.597. The van der Waals surface area contributed by atoms with E-state index in [0.717, 1.165) is 23.3 Å². The van der Waals surface area contributed by atoms with Gasteiger partial charge in [-0.05, 0) is 71.7 Å². The molecule has 3 rings (SSSR count). The first kappa shape index (κ1) is 19.7. The Balaban J connectivity index is 1.62. The average molecular weight is 402 g/mol. The molecule has 0 fully saturated rings. The molecule has 1 amide bonds. The molecule has 8 heteroatoms. The maximum absolute atomic E-state index is 12.2. The number of aromatic nitrogens is 2. The van der Waals surface area contributed by atoms with Crippen molar-refractivity contribution in [1.29, 1.82) is 0 Å². The van der Waals surface area contributed by atoms with Crippen LogP contribution in [0.5, 0.6) is 11.5 Å². The molecule has 1 heterocycles. The van der Waals surface area contributed by atoms with Crippen molar-refractivity contribution >= 4 is 23.3 Å². The van der Waals surface area contributed by atoms with E-state index in [9.17, 15) is 4.79 Å². The molecule has 28 heavy (non-hydrogen) atoms. The average Bonchev–Trinajstić information content (AvgIpc) is 3.14. The van der Waals surface area contributed by atoms with Crippen molar-refractivity contribution < 1.29 is 18.9 Å². The Labute approximate surface area is 167 Å². The zero-order chi connectivity index (χ0) is 19.9. The minimum atomic E-state index is -0.380. The number of halogens is 1. The van der Waals surface area contributed by atoms with Crippen molar-refractivity contribution in [2.45, 2.75) is 20.3 Å². The van der Waals surface area contributed by atoms with Crippen LogP contribution in [0.3, 0.4) is 0 Å². The van der Waals surface area contributed by atoms with Gasteiger partial charge in [0.05, 0.1) is 6.61 Å². The number of amides is 1. The summed E-state index contributed by atoms with van der Waals surface area (Å²) in [6.45, 7) is 4.37. The molecule has 0 spiro atoms. The van der Waals surface area contributed by atoms with Gasteiger partial charge < -0.3 is 14.8 Å². The van der Waals surface area contributed by atoms with E-state index >= 15 is 0 Å². The molecular weight excluding hydrogens is 382 g/mol. The van der Waals surface area contributed by atoms with Crippen molar-refractivity contribution in [2.75, 3.05) is 18.5 Å². The van der Waals surface area contributed by atoms with Crippen molar-refractivity contribution in [1.82, 2.24) is 10.3 Å². The lowest BCUT2D eigenvalue weighted by atomic mass is 10.1. The second kappa shape index (κ2) is 9.23. The lowest BCUT2D eigenvalue weighted by molar-refractivity contribution is -0.118. The van der Waals surface area contributed by atoms with E-state index in [0.29, 0.717) is 23.1 Å². The van der Waals surface area contributed by atoms with Gasteiger partial charge in [0.1, 0.15) is 11.5 Å². The van der Waals surface area contributed by atoms with Gasteiger partial charge in [0.2, 0.25) is 5.82 Å². The Bertz CT molecular complexity index is 941. The molecule has 0 unspecified atom stereocenters. The zero-order valence-electron chi connectivity index (χ0n) is 15.6. The number of ether oxygens (including phenoxy) is 2. The van der Waals surface area contributed by atoms with Crippen LogP contribution in [0.1, 0.15) is 18.9 Å². The highest BCUT2D eigenvalue weighted by molar-refractivity contribution is 6.30. The number of carbonyl (C=O) groups is 1. The van der Waals surface area contributed by atoms with Crippen LogP contribution in [-0.2, 0) is 4.79 Å². The SMILES string of the molecule is CCCOc1ccc(-c2nonc2NC(=O)COc2ccc(Cl)cc2C)cc1. The number of hydrogen-bond acceptors (Lipinski definition) is 6. The second-order valence-corrected chi connectivity index (χ2v) is 6.52. The van der Waals surface area contributed by atoms with Gasteiger partial charge in [-0.15, -0.1) is 0 Å². The smallest absolute Gasteiger partial charge is 0.263 e. The molecule has 2 aromatic carbocycles. The molecule has 0 aliphatic rings. The van der Waals surface area contributed by atoms with Crippen LogP contribution >= 0.6 is 11.6 Å². The molecule has 7 nitrogen and oxygen atoms in total. The van der Waals surface area contributed by atoms with Crippen molar-refractivity contribution in [3.8, 4) is 22.8 Å². The summed E-state index contributed by atoms with van der Waals surface area (Å²) in [5, 5.41) is 10.9. The van der Waals surface area contributed by atoms with Gasteiger partial charge in [-0.25, -0.2) is 4.63 Å². The number of benzene rings is 2. The maximum Gasteiger partial charge on any atom is 0.263 e. The topological polar surface area (TPSA) is 86.5 Å². The summed E-state index contributed by atoms with van der Waals surface area (Å²) in [6.07, 6.45) is 0.933. The first-order valence-corrected chi connectivity index (χ1v) is 9.19. The molecule has 146 valence electrons. The Hall–Kier alpha value is -3.06. The van der Waals surface area contributed by atoms with Crippen LogP contribution < -0.4 is 14.8 Å². The highest BCUT2D eigenvalue weighted by Crippen LogP contribution is 2.26. The fraction of sp³-hybridized carbons (Fsp3) is 0.250. The number of nitrogens with zero attached hydrogens (tertiary/aromatic N) is 2. The predicted octanol–water partition coefficient (Wildman–Crippen LogP) is 4.50. The molecule has 0 saturated heterocycles. The predicted molar refractivity (Wildman–Crippen MR) is 106 cm³/mol. The van der Waals surface area contributed by atoms with Crippen LogP contribution in [0.4, 0.5) is 5.82 Å². The first-order valence-electron chi connectivity index (χ1n) is 8.81. The summed E-state index contributed by atoms with van der Waals surface area (Å²) >= 11 is 5.92. The Morgan fingerprint density at radius 1 is 1.14 bits per heavy atom. The van der Waals surface area contributed by atoms with E-state index in [1.165, 1.54) is 0 Å². The van der Waals surface area contributed by atoms with Crippen LogP contribution in [-0.4, -0.2) is 29.4 Å². The molecule has 1 N–H and O–H groups in total. The molecule has 3 aromatic rings. The van der Waals surface area contributed by atoms with Crippen LogP contribution in [0.15, 0.2) is 47.1 Å². The fourth-order valence-corrected chi connectivity index (χ4v) is 2.70. The second-order valence-electron chi connectivity index (χ2n) is 6.08. The molecule has 0 atom stereocenters.